The molecule has 0 saturated carbocycles. The molecule has 5 nitrogen and oxygen atoms in total. The van der Waals surface area contributed by atoms with E-state index in [1.807, 2.05) is 18.2 Å². The van der Waals surface area contributed by atoms with Crippen LogP contribution in [0.25, 0.3) is 0 Å². The summed E-state index contributed by atoms with van der Waals surface area (Å²) in [6, 6.07) is 12.7. The Morgan fingerprint density at radius 3 is 2.46 bits per heavy atom. The minimum atomic E-state index is -0.387. The first kappa shape index (κ1) is 20.2. The van der Waals surface area contributed by atoms with Crippen LogP contribution in [-0.4, -0.2) is 32.1 Å². The van der Waals surface area contributed by atoms with Crippen molar-refractivity contribution in [1.29, 1.82) is 0 Å². The Kier molecular flexibility index (Phi) is 6.93. The van der Waals surface area contributed by atoms with E-state index in [1.165, 1.54) is 26.4 Å². The van der Waals surface area contributed by atoms with Gasteiger partial charge in [-0.05, 0) is 60.7 Å². The molecular formula is C22H25ClN2O3. The molecule has 1 heterocycles. The number of benzene rings is 2. The second-order valence-electron chi connectivity index (χ2n) is 6.96. The highest BCUT2D eigenvalue weighted by Gasteiger charge is 2.15. The average Bonchev–Trinajstić information content (AvgIpc) is 2.73. The first-order chi connectivity index (χ1) is 13.6. The number of carbonyl (C=O) groups excluding carboxylic acids is 2. The molecule has 1 aliphatic heterocycles. The number of carbonyl (C=O) groups is 2. The second kappa shape index (κ2) is 9.60. The van der Waals surface area contributed by atoms with Crippen LogP contribution >= 0.6 is 11.6 Å². The highest BCUT2D eigenvalue weighted by Crippen LogP contribution is 2.27. The summed E-state index contributed by atoms with van der Waals surface area (Å²) in [5.41, 5.74) is 3.49. The third-order valence-electron chi connectivity index (χ3n) is 4.95. The molecule has 0 radical (unpaired) electrons. The number of hydrogen-bond acceptors (Lipinski definition) is 4. The van der Waals surface area contributed by atoms with Crippen LogP contribution in [0, 0.1) is 0 Å². The van der Waals surface area contributed by atoms with Crippen molar-refractivity contribution in [2.75, 3.05) is 25.1 Å². The number of rotatable bonds is 6. The standard InChI is InChI=1S/C22H25ClN2O3/c1-28-22(27)17-7-5-16(6-8-17)13-21(26)24-15-18-14-19(23)9-10-20(18)25-11-3-2-4-12-25/h5-10,14H,2-4,11-13,15H2,1H3,(H,24,26). The lowest BCUT2D eigenvalue weighted by Crippen LogP contribution is -2.31. The van der Waals surface area contributed by atoms with Gasteiger partial charge >= 0.3 is 5.97 Å². The van der Waals surface area contributed by atoms with Gasteiger partial charge in [0.25, 0.3) is 0 Å². The molecule has 1 N–H and O–H groups in total. The number of nitrogens with one attached hydrogen (secondary N) is 1. The predicted molar refractivity (Wildman–Crippen MR) is 111 cm³/mol. The summed E-state index contributed by atoms with van der Waals surface area (Å²) < 4.78 is 4.68. The minimum Gasteiger partial charge on any atom is -0.465 e. The lowest BCUT2D eigenvalue weighted by Gasteiger charge is -2.30. The number of hydrogen-bond donors (Lipinski definition) is 1. The van der Waals surface area contributed by atoms with E-state index >= 15 is 0 Å². The third-order valence-corrected chi connectivity index (χ3v) is 5.19. The van der Waals surface area contributed by atoms with Crippen LogP contribution in [0.2, 0.25) is 5.02 Å². The van der Waals surface area contributed by atoms with E-state index in [1.54, 1.807) is 24.3 Å². The van der Waals surface area contributed by atoms with Crippen LogP contribution in [0.15, 0.2) is 42.5 Å². The first-order valence-corrected chi connectivity index (χ1v) is 9.92. The number of amides is 1. The Morgan fingerprint density at radius 1 is 1.07 bits per heavy atom. The van der Waals surface area contributed by atoms with Crippen LogP contribution in [-0.2, 0) is 22.5 Å². The molecule has 0 unspecified atom stereocenters. The fourth-order valence-corrected chi connectivity index (χ4v) is 3.65. The number of halogens is 1. The van der Waals surface area contributed by atoms with Crippen LogP contribution in [0.4, 0.5) is 5.69 Å². The molecule has 1 amide bonds. The summed E-state index contributed by atoms with van der Waals surface area (Å²) in [7, 11) is 1.34. The van der Waals surface area contributed by atoms with E-state index in [0.29, 0.717) is 17.1 Å². The van der Waals surface area contributed by atoms with E-state index < -0.39 is 0 Å². The molecule has 2 aromatic carbocycles. The fraction of sp³-hybridized carbons (Fsp3) is 0.364. The van der Waals surface area contributed by atoms with Crippen molar-refractivity contribution in [1.82, 2.24) is 5.32 Å². The maximum atomic E-state index is 12.4. The van der Waals surface area contributed by atoms with E-state index in [0.717, 1.165) is 29.9 Å². The van der Waals surface area contributed by atoms with Gasteiger partial charge in [-0.15, -0.1) is 0 Å². The number of esters is 1. The molecule has 0 atom stereocenters. The monoisotopic (exact) mass is 400 g/mol. The van der Waals surface area contributed by atoms with Gasteiger partial charge in [-0.3, -0.25) is 4.79 Å². The molecule has 2 aromatic rings. The van der Waals surface area contributed by atoms with Crippen molar-refractivity contribution in [2.45, 2.75) is 32.2 Å². The summed E-state index contributed by atoms with van der Waals surface area (Å²) in [4.78, 5) is 26.2. The Morgan fingerprint density at radius 2 is 1.79 bits per heavy atom. The predicted octanol–water partition coefficient (Wildman–Crippen LogP) is 3.98. The molecule has 148 valence electrons. The van der Waals surface area contributed by atoms with Gasteiger partial charge in [-0.1, -0.05) is 23.7 Å². The maximum Gasteiger partial charge on any atom is 0.337 e. The molecule has 28 heavy (non-hydrogen) atoms. The van der Waals surface area contributed by atoms with E-state index in [-0.39, 0.29) is 18.3 Å². The van der Waals surface area contributed by atoms with Crippen molar-refractivity contribution in [3.05, 3.63) is 64.2 Å². The molecule has 0 aliphatic carbocycles. The molecule has 0 spiro atoms. The van der Waals surface area contributed by atoms with Gasteiger partial charge < -0.3 is 15.0 Å². The molecule has 3 rings (SSSR count). The molecule has 6 heteroatoms. The SMILES string of the molecule is COC(=O)c1ccc(CC(=O)NCc2cc(Cl)ccc2N2CCCCC2)cc1. The maximum absolute atomic E-state index is 12.4. The number of methoxy groups -OCH3 is 1. The smallest absolute Gasteiger partial charge is 0.337 e. The molecule has 1 fully saturated rings. The summed E-state index contributed by atoms with van der Waals surface area (Å²) in [6.45, 7) is 2.51. The zero-order chi connectivity index (χ0) is 19.9. The van der Waals surface area contributed by atoms with Gasteiger partial charge in [0.1, 0.15) is 0 Å². The summed E-state index contributed by atoms with van der Waals surface area (Å²) in [5, 5.41) is 3.66. The van der Waals surface area contributed by atoms with Crippen molar-refractivity contribution in [3.63, 3.8) is 0 Å². The summed E-state index contributed by atoms with van der Waals surface area (Å²) in [6.07, 6.45) is 3.90. The van der Waals surface area contributed by atoms with Crippen molar-refractivity contribution < 1.29 is 14.3 Å². The van der Waals surface area contributed by atoms with Gasteiger partial charge in [0.2, 0.25) is 5.91 Å². The zero-order valence-electron chi connectivity index (χ0n) is 16.0. The zero-order valence-corrected chi connectivity index (χ0v) is 16.8. The second-order valence-corrected chi connectivity index (χ2v) is 7.40. The highest BCUT2D eigenvalue weighted by atomic mass is 35.5. The molecule has 0 aromatic heterocycles. The lowest BCUT2D eigenvalue weighted by atomic mass is 10.1. The Balaban J connectivity index is 1.61. The Hall–Kier alpha value is -2.53. The summed E-state index contributed by atoms with van der Waals surface area (Å²) >= 11 is 6.18. The summed E-state index contributed by atoms with van der Waals surface area (Å²) in [5.74, 6) is -0.461. The lowest BCUT2D eigenvalue weighted by molar-refractivity contribution is -0.120. The molecule has 1 saturated heterocycles. The normalized spacial score (nSPS) is 13.9. The molecule has 1 aliphatic rings. The van der Waals surface area contributed by atoms with E-state index in [9.17, 15) is 9.59 Å². The highest BCUT2D eigenvalue weighted by molar-refractivity contribution is 6.30. The van der Waals surface area contributed by atoms with Crippen LogP contribution in [0.3, 0.4) is 0 Å². The average molecular weight is 401 g/mol. The van der Waals surface area contributed by atoms with Crippen LogP contribution < -0.4 is 10.2 Å². The van der Waals surface area contributed by atoms with Crippen molar-refractivity contribution in [3.8, 4) is 0 Å². The van der Waals surface area contributed by atoms with Gasteiger partial charge in [0.05, 0.1) is 19.1 Å². The quantitative estimate of drug-likeness (QED) is 0.745. The topological polar surface area (TPSA) is 58.6 Å². The Bertz CT molecular complexity index is 830. The van der Waals surface area contributed by atoms with Crippen molar-refractivity contribution >= 4 is 29.2 Å². The largest absolute Gasteiger partial charge is 0.465 e. The fourth-order valence-electron chi connectivity index (χ4n) is 3.46. The Labute approximate surface area is 170 Å². The minimum absolute atomic E-state index is 0.0737. The molecule has 0 bridgehead atoms. The van der Waals surface area contributed by atoms with Crippen LogP contribution in [0.5, 0.6) is 0 Å². The van der Waals surface area contributed by atoms with E-state index in [2.05, 4.69) is 15.0 Å². The number of piperidine rings is 1. The van der Waals surface area contributed by atoms with E-state index in [4.69, 9.17) is 11.6 Å². The first-order valence-electron chi connectivity index (χ1n) is 9.54. The van der Waals surface area contributed by atoms with Gasteiger partial charge in [0.15, 0.2) is 0 Å². The number of nitrogens with zero attached hydrogens (tertiary/aromatic N) is 1. The third kappa shape index (κ3) is 5.26. The number of anilines is 1. The van der Waals surface area contributed by atoms with Gasteiger partial charge in [0, 0.05) is 30.3 Å². The van der Waals surface area contributed by atoms with Crippen molar-refractivity contribution in [2.24, 2.45) is 0 Å². The molecular weight excluding hydrogens is 376 g/mol. The number of ether oxygens (including phenoxy) is 1. The van der Waals surface area contributed by atoms with Gasteiger partial charge in [-0.25, -0.2) is 4.79 Å². The van der Waals surface area contributed by atoms with Gasteiger partial charge in [-0.2, -0.15) is 0 Å². The van der Waals surface area contributed by atoms with Crippen LogP contribution in [0.1, 0.15) is 40.7 Å².